The van der Waals surface area contributed by atoms with Crippen molar-refractivity contribution in [2.45, 2.75) is 6.92 Å². The fraction of sp³-hybridized carbons (Fsp3) is 0.167. The Labute approximate surface area is 120 Å². The van der Waals surface area contributed by atoms with Gasteiger partial charge in [-0.2, -0.15) is 5.10 Å². The fourth-order valence-corrected chi connectivity index (χ4v) is 2.17. The van der Waals surface area contributed by atoms with Gasteiger partial charge in [0.2, 0.25) is 0 Å². The summed E-state index contributed by atoms with van der Waals surface area (Å²) in [4.78, 5) is 0.238. The topological polar surface area (TPSA) is 55.9 Å². The molecule has 0 unspecified atom stereocenters. The lowest BCUT2D eigenvalue weighted by molar-refractivity contribution is 0.629. The summed E-state index contributed by atoms with van der Waals surface area (Å²) in [6.07, 6.45) is 0. The zero-order valence-electron chi connectivity index (χ0n) is 10.4. The Morgan fingerprint density at radius 2 is 2.21 bits per heavy atom. The molecule has 0 fully saturated rings. The number of nitrogens with zero attached hydrogens (tertiary/aromatic N) is 2. The molecule has 0 aliphatic rings. The monoisotopic (exact) mass is 298 g/mol. The van der Waals surface area contributed by atoms with E-state index in [9.17, 15) is 4.39 Å². The molecule has 2 aromatic rings. The second kappa shape index (κ2) is 5.14. The minimum absolute atomic E-state index is 0.0707. The quantitative estimate of drug-likeness (QED) is 0.856. The van der Waals surface area contributed by atoms with Gasteiger partial charge in [0.05, 0.1) is 16.3 Å². The van der Waals surface area contributed by atoms with Gasteiger partial charge in [0.25, 0.3) is 0 Å². The summed E-state index contributed by atoms with van der Waals surface area (Å²) in [5.74, 6) is 0.120. The van der Waals surface area contributed by atoms with Crippen LogP contribution in [0.5, 0.6) is 0 Å². The van der Waals surface area contributed by atoms with Gasteiger partial charge in [-0.1, -0.05) is 23.8 Å². The van der Waals surface area contributed by atoms with Crippen LogP contribution in [0.3, 0.4) is 0 Å². The van der Waals surface area contributed by atoms with Gasteiger partial charge in [0.15, 0.2) is 0 Å². The Kier molecular flexibility index (Phi) is 3.73. The molecule has 0 saturated carbocycles. The minimum atomic E-state index is -0.498. The van der Waals surface area contributed by atoms with Crippen molar-refractivity contribution in [3.63, 3.8) is 0 Å². The summed E-state index contributed by atoms with van der Waals surface area (Å²) in [5, 5.41) is 7.35. The highest BCUT2D eigenvalue weighted by Gasteiger charge is 2.16. The molecule has 1 aromatic heterocycles. The molecule has 4 nitrogen and oxygen atoms in total. The molecule has 0 radical (unpaired) electrons. The van der Waals surface area contributed by atoms with E-state index in [-0.39, 0.29) is 10.0 Å². The van der Waals surface area contributed by atoms with E-state index in [4.69, 9.17) is 29.6 Å². The second-order valence-electron chi connectivity index (χ2n) is 4.05. The van der Waals surface area contributed by atoms with E-state index in [0.29, 0.717) is 22.8 Å². The van der Waals surface area contributed by atoms with E-state index in [1.165, 1.54) is 12.1 Å². The number of benzene rings is 1. The average Bonchev–Trinajstić information content (AvgIpc) is 2.59. The number of hydrogen-bond donors (Lipinski definition) is 2. The first-order valence-corrected chi connectivity index (χ1v) is 6.24. The molecule has 3 N–H and O–H groups in total. The molecule has 100 valence electrons. The van der Waals surface area contributed by atoms with Crippen LogP contribution in [0.2, 0.25) is 5.02 Å². The molecule has 0 amide bonds. The number of aryl methyl sites for hydroxylation is 2. The van der Waals surface area contributed by atoms with E-state index in [0.717, 1.165) is 0 Å². The van der Waals surface area contributed by atoms with E-state index in [1.807, 2.05) is 6.92 Å². The maximum atomic E-state index is 13.4. The van der Waals surface area contributed by atoms with Gasteiger partial charge < -0.3 is 11.1 Å². The van der Waals surface area contributed by atoms with E-state index >= 15 is 0 Å². The molecule has 2 rings (SSSR count). The largest absolute Gasteiger partial charge is 0.389 e. The predicted octanol–water partition coefficient (Wildman–Crippen LogP) is 2.90. The highest BCUT2D eigenvalue weighted by Crippen LogP contribution is 2.25. The van der Waals surface area contributed by atoms with Crippen molar-refractivity contribution in [2.75, 3.05) is 5.32 Å². The van der Waals surface area contributed by atoms with Crippen LogP contribution in [0.1, 0.15) is 11.3 Å². The predicted molar refractivity (Wildman–Crippen MR) is 78.5 cm³/mol. The lowest BCUT2D eigenvalue weighted by atomic mass is 10.2. The molecular formula is C12H12ClFN4S. The maximum Gasteiger partial charge on any atom is 0.143 e. The first-order valence-electron chi connectivity index (χ1n) is 5.45. The van der Waals surface area contributed by atoms with Crippen molar-refractivity contribution in [2.24, 2.45) is 12.8 Å². The summed E-state index contributed by atoms with van der Waals surface area (Å²) >= 11 is 10.6. The van der Waals surface area contributed by atoms with Crippen LogP contribution in [0.15, 0.2) is 18.2 Å². The number of halogens is 2. The Hall–Kier alpha value is -1.66. The molecule has 0 aliphatic carbocycles. The van der Waals surface area contributed by atoms with E-state index in [2.05, 4.69) is 10.4 Å². The summed E-state index contributed by atoms with van der Waals surface area (Å²) in [6.45, 7) is 1.81. The molecule has 0 bridgehead atoms. The van der Waals surface area contributed by atoms with E-state index in [1.54, 1.807) is 17.8 Å². The Morgan fingerprint density at radius 1 is 1.53 bits per heavy atom. The molecule has 0 atom stereocenters. The van der Waals surface area contributed by atoms with Gasteiger partial charge in [-0.15, -0.1) is 0 Å². The van der Waals surface area contributed by atoms with Gasteiger partial charge in [-0.3, -0.25) is 4.68 Å². The number of hydrogen-bond acceptors (Lipinski definition) is 3. The molecule has 1 aromatic carbocycles. The normalized spacial score (nSPS) is 10.5. The average molecular weight is 299 g/mol. The van der Waals surface area contributed by atoms with Crippen molar-refractivity contribution in [3.8, 4) is 0 Å². The zero-order valence-corrected chi connectivity index (χ0v) is 11.9. The van der Waals surface area contributed by atoms with Gasteiger partial charge in [-0.25, -0.2) is 4.39 Å². The van der Waals surface area contributed by atoms with Crippen LogP contribution in [-0.2, 0) is 7.05 Å². The smallest absolute Gasteiger partial charge is 0.143 e. The summed E-state index contributed by atoms with van der Waals surface area (Å²) in [6, 6.07) is 4.44. The SMILES string of the molecule is Cc1nn(C)c(Nc2ccc(Cl)c(F)c2)c1C(N)=S. The Morgan fingerprint density at radius 3 is 2.79 bits per heavy atom. The molecule has 0 aliphatic heterocycles. The Bertz CT molecular complexity index is 653. The van der Waals surface area contributed by atoms with Crippen molar-refractivity contribution in [1.82, 2.24) is 9.78 Å². The van der Waals surface area contributed by atoms with Gasteiger partial charge >= 0.3 is 0 Å². The first kappa shape index (κ1) is 13.8. The van der Waals surface area contributed by atoms with Crippen molar-refractivity contribution in [3.05, 3.63) is 40.3 Å². The number of nitrogens with two attached hydrogens (primary N) is 1. The highest BCUT2D eigenvalue weighted by molar-refractivity contribution is 7.80. The summed E-state index contributed by atoms with van der Waals surface area (Å²) in [7, 11) is 1.75. The lowest BCUT2D eigenvalue weighted by Gasteiger charge is -2.09. The van der Waals surface area contributed by atoms with Gasteiger partial charge in [0.1, 0.15) is 16.6 Å². The number of anilines is 2. The lowest BCUT2D eigenvalue weighted by Crippen LogP contribution is -2.13. The third-order valence-electron chi connectivity index (χ3n) is 2.65. The van der Waals surface area contributed by atoms with Crippen LogP contribution in [-0.4, -0.2) is 14.8 Å². The third-order valence-corrected chi connectivity index (χ3v) is 3.16. The first-order chi connectivity index (χ1) is 8.90. The van der Waals surface area contributed by atoms with Crippen LogP contribution < -0.4 is 11.1 Å². The van der Waals surface area contributed by atoms with E-state index < -0.39 is 5.82 Å². The number of aromatic nitrogens is 2. The van der Waals surface area contributed by atoms with Gasteiger partial charge in [0, 0.05) is 12.7 Å². The molecule has 0 saturated heterocycles. The maximum absolute atomic E-state index is 13.4. The van der Waals surface area contributed by atoms with Crippen LogP contribution in [0.25, 0.3) is 0 Å². The second-order valence-corrected chi connectivity index (χ2v) is 4.90. The molecule has 0 spiro atoms. The van der Waals surface area contributed by atoms with Crippen molar-refractivity contribution < 1.29 is 4.39 Å². The van der Waals surface area contributed by atoms with Crippen LogP contribution >= 0.6 is 23.8 Å². The van der Waals surface area contributed by atoms with Gasteiger partial charge in [-0.05, 0) is 25.1 Å². The highest BCUT2D eigenvalue weighted by atomic mass is 35.5. The van der Waals surface area contributed by atoms with Crippen molar-refractivity contribution in [1.29, 1.82) is 0 Å². The molecular weight excluding hydrogens is 287 g/mol. The Balaban J connectivity index is 2.43. The molecule has 19 heavy (non-hydrogen) atoms. The van der Waals surface area contributed by atoms with Crippen molar-refractivity contribution >= 4 is 40.3 Å². The number of nitrogens with one attached hydrogen (secondary N) is 1. The minimum Gasteiger partial charge on any atom is -0.389 e. The standard InChI is InChI=1S/C12H12ClFN4S/c1-6-10(11(15)19)12(18(2)17-6)16-7-3-4-8(13)9(14)5-7/h3-5,16H,1-2H3,(H2,15,19). The van der Waals surface area contributed by atoms with Crippen LogP contribution in [0.4, 0.5) is 15.9 Å². The number of rotatable bonds is 3. The fourth-order valence-electron chi connectivity index (χ4n) is 1.81. The molecule has 7 heteroatoms. The summed E-state index contributed by atoms with van der Waals surface area (Å²) < 4.78 is 15.0. The third kappa shape index (κ3) is 2.69. The molecule has 1 heterocycles. The summed E-state index contributed by atoms with van der Waals surface area (Å²) in [5.41, 5.74) is 7.58. The van der Waals surface area contributed by atoms with Crippen LogP contribution in [0, 0.1) is 12.7 Å². The number of thiocarbonyl (C=S) groups is 1. The zero-order chi connectivity index (χ0) is 14.2.